The van der Waals surface area contributed by atoms with E-state index in [2.05, 4.69) is 39.2 Å². The molecule has 1 aromatic rings. The number of ether oxygens (including phenoxy) is 1. The van der Waals surface area contributed by atoms with Gasteiger partial charge in [-0.15, -0.1) is 0 Å². The molecule has 2 aliphatic rings. The third-order valence-corrected chi connectivity index (χ3v) is 5.40. The van der Waals surface area contributed by atoms with Crippen molar-refractivity contribution in [1.82, 2.24) is 10.3 Å². The first-order chi connectivity index (χ1) is 10.2. The number of hydrogen-bond donors (Lipinski definition) is 1. The highest BCUT2D eigenvalue weighted by molar-refractivity contribution is 9.10. The van der Waals surface area contributed by atoms with Gasteiger partial charge in [0.15, 0.2) is 0 Å². The van der Waals surface area contributed by atoms with Crippen LogP contribution in [0, 0.1) is 5.92 Å². The Bertz CT molecular complexity index is 476. The van der Waals surface area contributed by atoms with Crippen molar-refractivity contribution < 1.29 is 4.74 Å². The predicted octanol–water partition coefficient (Wildman–Crippen LogP) is 4.23. The number of nitrogens with zero attached hydrogens (tertiary/aromatic N) is 1. The molecule has 116 valence electrons. The lowest BCUT2D eigenvalue weighted by Crippen LogP contribution is -2.48. The molecule has 1 aromatic heterocycles. The van der Waals surface area contributed by atoms with Crippen LogP contribution in [0.4, 0.5) is 0 Å². The highest BCUT2D eigenvalue weighted by Gasteiger charge is 2.44. The molecule has 3 nitrogen and oxygen atoms in total. The fourth-order valence-electron chi connectivity index (χ4n) is 3.72. The summed E-state index contributed by atoms with van der Waals surface area (Å²) < 4.78 is 7.16. The zero-order chi connectivity index (χ0) is 14.7. The van der Waals surface area contributed by atoms with Crippen LogP contribution < -0.4 is 5.32 Å². The Labute approximate surface area is 136 Å². The third-order valence-electron chi connectivity index (χ3n) is 4.97. The fraction of sp³-hybridized carbons (Fsp3) is 0.706. The molecule has 2 fully saturated rings. The van der Waals surface area contributed by atoms with Gasteiger partial charge in [0.1, 0.15) is 0 Å². The second kappa shape index (κ2) is 6.76. The fourth-order valence-corrected chi connectivity index (χ4v) is 4.11. The average Bonchev–Trinajstić information content (AvgIpc) is 2.46. The van der Waals surface area contributed by atoms with Gasteiger partial charge in [-0.25, -0.2) is 0 Å². The van der Waals surface area contributed by atoms with Gasteiger partial charge in [-0.1, -0.05) is 6.92 Å². The van der Waals surface area contributed by atoms with E-state index in [0.29, 0.717) is 12.0 Å². The Morgan fingerprint density at radius 1 is 1.48 bits per heavy atom. The highest BCUT2D eigenvalue weighted by Crippen LogP contribution is 2.47. The molecule has 0 aromatic carbocycles. The second-order valence-electron chi connectivity index (χ2n) is 6.51. The molecule has 0 bridgehead atoms. The first kappa shape index (κ1) is 15.4. The van der Waals surface area contributed by atoms with Crippen LogP contribution in [0.5, 0.6) is 0 Å². The molecule has 1 aliphatic carbocycles. The maximum atomic E-state index is 6.09. The van der Waals surface area contributed by atoms with E-state index >= 15 is 0 Å². The van der Waals surface area contributed by atoms with Crippen LogP contribution in [0.1, 0.15) is 57.1 Å². The molecular formula is C17H25BrN2O. The summed E-state index contributed by atoms with van der Waals surface area (Å²) in [6, 6.07) is 2.61. The van der Waals surface area contributed by atoms with Gasteiger partial charge in [0, 0.05) is 29.5 Å². The quantitative estimate of drug-likeness (QED) is 0.860. The van der Waals surface area contributed by atoms with Crippen molar-refractivity contribution in [2.75, 3.05) is 13.2 Å². The largest absolute Gasteiger partial charge is 0.375 e. The number of rotatable bonds is 5. The van der Waals surface area contributed by atoms with Gasteiger partial charge < -0.3 is 10.1 Å². The van der Waals surface area contributed by atoms with Crippen LogP contribution in [0.15, 0.2) is 22.9 Å². The third kappa shape index (κ3) is 3.49. The van der Waals surface area contributed by atoms with Crippen molar-refractivity contribution in [3.8, 4) is 0 Å². The summed E-state index contributed by atoms with van der Waals surface area (Å²) >= 11 is 3.55. The van der Waals surface area contributed by atoms with Crippen LogP contribution >= 0.6 is 15.9 Å². The molecule has 2 unspecified atom stereocenters. The van der Waals surface area contributed by atoms with Crippen LogP contribution in [-0.2, 0) is 4.74 Å². The van der Waals surface area contributed by atoms with Crippen molar-refractivity contribution in [3.63, 3.8) is 0 Å². The lowest BCUT2D eigenvalue weighted by atomic mass is 9.69. The van der Waals surface area contributed by atoms with Gasteiger partial charge in [-0.3, -0.25) is 4.98 Å². The minimum atomic E-state index is 0.203. The molecule has 2 atom stereocenters. The van der Waals surface area contributed by atoms with Crippen LogP contribution in [0.3, 0.4) is 0 Å². The predicted molar refractivity (Wildman–Crippen MR) is 88.2 cm³/mol. The molecule has 1 spiro atoms. The van der Waals surface area contributed by atoms with Crippen molar-refractivity contribution >= 4 is 15.9 Å². The second-order valence-corrected chi connectivity index (χ2v) is 7.42. The van der Waals surface area contributed by atoms with Crippen molar-refractivity contribution in [2.24, 2.45) is 5.92 Å². The lowest BCUT2D eigenvalue weighted by molar-refractivity contribution is -0.147. The molecule has 3 rings (SSSR count). The molecule has 1 saturated carbocycles. The Hall–Kier alpha value is -0.450. The summed E-state index contributed by atoms with van der Waals surface area (Å²) in [5.74, 6) is 0.654. The molecular weight excluding hydrogens is 328 g/mol. The maximum Gasteiger partial charge on any atom is 0.0686 e. The summed E-state index contributed by atoms with van der Waals surface area (Å²) in [6.45, 7) is 4.19. The molecule has 4 heteroatoms. The summed E-state index contributed by atoms with van der Waals surface area (Å²) in [4.78, 5) is 4.36. The summed E-state index contributed by atoms with van der Waals surface area (Å²) in [5.41, 5.74) is 1.51. The Morgan fingerprint density at radius 3 is 3.00 bits per heavy atom. The molecule has 1 saturated heterocycles. The zero-order valence-electron chi connectivity index (χ0n) is 12.8. The number of halogens is 1. The SMILES string of the molecule is CCCNC(c1cncc(Br)c1)C1CCOC2(CCC2)C1. The summed E-state index contributed by atoms with van der Waals surface area (Å²) in [5, 5.41) is 3.75. The van der Waals surface area contributed by atoms with Crippen LogP contribution in [-0.4, -0.2) is 23.7 Å². The van der Waals surface area contributed by atoms with E-state index < -0.39 is 0 Å². The highest BCUT2D eigenvalue weighted by atomic mass is 79.9. The van der Waals surface area contributed by atoms with Gasteiger partial charge in [0.2, 0.25) is 0 Å². The van der Waals surface area contributed by atoms with Crippen molar-refractivity contribution in [1.29, 1.82) is 0 Å². The summed E-state index contributed by atoms with van der Waals surface area (Å²) in [7, 11) is 0. The van der Waals surface area contributed by atoms with E-state index in [1.54, 1.807) is 0 Å². The maximum absolute atomic E-state index is 6.09. The average molecular weight is 353 g/mol. The Kier molecular flexibility index (Phi) is 4.97. The summed E-state index contributed by atoms with van der Waals surface area (Å²) in [6.07, 6.45) is 11.2. The van der Waals surface area contributed by atoms with E-state index in [1.807, 2.05) is 12.4 Å². The Balaban J connectivity index is 1.77. The van der Waals surface area contributed by atoms with Gasteiger partial charge in [0.05, 0.1) is 5.60 Å². The van der Waals surface area contributed by atoms with Gasteiger partial charge >= 0.3 is 0 Å². The lowest BCUT2D eigenvalue weighted by Gasteiger charge is -2.49. The minimum Gasteiger partial charge on any atom is -0.375 e. The standard InChI is InChI=1S/C17H25BrN2O/c1-2-7-20-16(14-9-15(18)12-19-11-14)13-4-8-21-17(10-13)5-3-6-17/h9,11-13,16,20H,2-8,10H2,1H3. The van der Waals surface area contributed by atoms with E-state index in [1.165, 1.54) is 31.2 Å². The monoisotopic (exact) mass is 352 g/mol. The topological polar surface area (TPSA) is 34.2 Å². The van der Waals surface area contributed by atoms with E-state index in [4.69, 9.17) is 4.74 Å². The van der Waals surface area contributed by atoms with Crippen LogP contribution in [0.25, 0.3) is 0 Å². The minimum absolute atomic E-state index is 0.203. The van der Waals surface area contributed by atoms with Crippen molar-refractivity contribution in [3.05, 3.63) is 28.5 Å². The normalized spacial score (nSPS) is 25.5. The number of hydrogen-bond acceptors (Lipinski definition) is 3. The van der Waals surface area contributed by atoms with E-state index in [0.717, 1.165) is 30.5 Å². The Morgan fingerprint density at radius 2 is 2.33 bits per heavy atom. The molecule has 1 aliphatic heterocycles. The first-order valence-corrected chi connectivity index (χ1v) is 8.99. The molecule has 1 N–H and O–H groups in total. The smallest absolute Gasteiger partial charge is 0.0686 e. The molecule has 0 amide bonds. The van der Waals surface area contributed by atoms with Gasteiger partial charge in [0.25, 0.3) is 0 Å². The van der Waals surface area contributed by atoms with Crippen molar-refractivity contribution in [2.45, 2.75) is 57.1 Å². The van der Waals surface area contributed by atoms with E-state index in [9.17, 15) is 0 Å². The van der Waals surface area contributed by atoms with Crippen LogP contribution in [0.2, 0.25) is 0 Å². The molecule has 2 heterocycles. The number of nitrogens with one attached hydrogen (secondary N) is 1. The molecule has 0 radical (unpaired) electrons. The zero-order valence-corrected chi connectivity index (χ0v) is 14.4. The first-order valence-electron chi connectivity index (χ1n) is 8.20. The molecule has 21 heavy (non-hydrogen) atoms. The number of pyridine rings is 1. The van der Waals surface area contributed by atoms with E-state index in [-0.39, 0.29) is 5.60 Å². The number of aromatic nitrogens is 1. The van der Waals surface area contributed by atoms with Gasteiger partial charge in [-0.2, -0.15) is 0 Å². The van der Waals surface area contributed by atoms with Gasteiger partial charge in [-0.05, 0) is 78.5 Å².